The van der Waals surface area contributed by atoms with Crippen LogP contribution in [-0.2, 0) is 6.61 Å². The van der Waals surface area contributed by atoms with Crippen molar-refractivity contribution in [1.29, 1.82) is 0 Å². The maximum Gasteiger partial charge on any atom is 0.355 e. The summed E-state index contributed by atoms with van der Waals surface area (Å²) in [6.07, 6.45) is 0. The molecule has 25 heavy (non-hydrogen) atoms. The van der Waals surface area contributed by atoms with Crippen LogP contribution in [0.4, 0.5) is 0 Å². The first-order chi connectivity index (χ1) is 12.1. The number of hydrogen-bond acceptors (Lipinski definition) is 5. The summed E-state index contributed by atoms with van der Waals surface area (Å²) in [4.78, 5) is 15.2. The number of ether oxygens (including phenoxy) is 2. The first-order valence-electron chi connectivity index (χ1n) is 7.62. The molecule has 0 saturated carbocycles. The summed E-state index contributed by atoms with van der Waals surface area (Å²) >= 11 is 1.27. The van der Waals surface area contributed by atoms with Crippen molar-refractivity contribution >= 4 is 17.3 Å². The Balaban J connectivity index is 1.91. The number of benzene rings is 2. The van der Waals surface area contributed by atoms with Gasteiger partial charge in [-0.1, -0.05) is 29.8 Å². The van der Waals surface area contributed by atoms with Gasteiger partial charge < -0.3 is 14.6 Å². The Kier molecular flexibility index (Phi) is 5.00. The molecule has 0 spiro atoms. The van der Waals surface area contributed by atoms with Crippen molar-refractivity contribution in [3.63, 3.8) is 0 Å². The smallest absolute Gasteiger partial charge is 0.355 e. The number of methoxy groups -OCH3 is 1. The van der Waals surface area contributed by atoms with E-state index in [1.807, 2.05) is 31.2 Å². The lowest BCUT2D eigenvalue weighted by Gasteiger charge is -2.12. The second-order valence-corrected chi connectivity index (χ2v) is 6.34. The van der Waals surface area contributed by atoms with Crippen LogP contribution in [0.2, 0.25) is 0 Å². The van der Waals surface area contributed by atoms with Crippen LogP contribution < -0.4 is 9.47 Å². The summed E-state index contributed by atoms with van der Waals surface area (Å²) < 4.78 is 11.3. The van der Waals surface area contributed by atoms with E-state index in [1.165, 1.54) is 16.7 Å². The van der Waals surface area contributed by atoms with Crippen molar-refractivity contribution in [2.75, 3.05) is 7.11 Å². The van der Waals surface area contributed by atoms with Crippen LogP contribution in [0.1, 0.15) is 21.6 Å². The number of aromatic carboxylic acids is 1. The fraction of sp³-hybridized carbons (Fsp3) is 0.158. The van der Waals surface area contributed by atoms with Crippen LogP contribution in [0.15, 0.2) is 47.8 Å². The molecule has 1 heterocycles. The average molecular weight is 355 g/mol. The van der Waals surface area contributed by atoms with Crippen molar-refractivity contribution in [3.8, 4) is 22.1 Å². The number of aromatic nitrogens is 1. The first kappa shape index (κ1) is 17.0. The van der Waals surface area contributed by atoms with Crippen LogP contribution in [-0.4, -0.2) is 23.2 Å². The van der Waals surface area contributed by atoms with Crippen molar-refractivity contribution in [3.05, 3.63) is 64.7 Å². The first-order valence-corrected chi connectivity index (χ1v) is 8.50. The van der Waals surface area contributed by atoms with Gasteiger partial charge in [-0.2, -0.15) is 0 Å². The molecule has 2 aromatic carbocycles. The van der Waals surface area contributed by atoms with Crippen LogP contribution in [0.5, 0.6) is 11.5 Å². The highest BCUT2D eigenvalue weighted by molar-refractivity contribution is 7.13. The lowest BCUT2D eigenvalue weighted by molar-refractivity contribution is 0.0691. The summed E-state index contributed by atoms with van der Waals surface area (Å²) in [7, 11) is 1.59. The topological polar surface area (TPSA) is 68.7 Å². The van der Waals surface area contributed by atoms with Gasteiger partial charge in [0.25, 0.3) is 0 Å². The maximum absolute atomic E-state index is 11.1. The summed E-state index contributed by atoms with van der Waals surface area (Å²) in [6, 6.07) is 13.5. The molecule has 128 valence electrons. The molecule has 1 aromatic heterocycles. The zero-order valence-corrected chi connectivity index (χ0v) is 14.7. The minimum atomic E-state index is -1.04. The summed E-state index contributed by atoms with van der Waals surface area (Å²) in [6.45, 7) is 2.43. The molecule has 0 radical (unpaired) electrons. The second kappa shape index (κ2) is 7.36. The summed E-state index contributed by atoms with van der Waals surface area (Å²) in [5.41, 5.74) is 2.99. The predicted octanol–water partition coefficient (Wildman–Crippen LogP) is 4.40. The molecule has 1 N–H and O–H groups in total. The highest BCUT2D eigenvalue weighted by Crippen LogP contribution is 2.35. The maximum atomic E-state index is 11.1. The lowest BCUT2D eigenvalue weighted by Crippen LogP contribution is -1.99. The Labute approximate surface area is 149 Å². The van der Waals surface area contributed by atoms with E-state index in [1.54, 1.807) is 19.2 Å². The third kappa shape index (κ3) is 3.97. The van der Waals surface area contributed by atoms with E-state index in [0.29, 0.717) is 23.1 Å². The number of carboxylic acid groups (broad SMARTS) is 1. The molecule has 0 saturated heterocycles. The van der Waals surface area contributed by atoms with Gasteiger partial charge in [0.1, 0.15) is 23.1 Å². The van der Waals surface area contributed by atoms with Gasteiger partial charge in [0.15, 0.2) is 5.69 Å². The van der Waals surface area contributed by atoms with Gasteiger partial charge in [0, 0.05) is 11.4 Å². The molecule has 0 aliphatic carbocycles. The number of thiazole rings is 1. The molecule has 0 atom stereocenters. The lowest BCUT2D eigenvalue weighted by atomic mass is 10.1. The van der Waals surface area contributed by atoms with Gasteiger partial charge in [-0.3, -0.25) is 0 Å². The van der Waals surface area contributed by atoms with E-state index < -0.39 is 5.97 Å². The largest absolute Gasteiger partial charge is 0.497 e. The summed E-state index contributed by atoms with van der Waals surface area (Å²) in [5, 5.41) is 11.2. The molecule has 0 fully saturated rings. The van der Waals surface area contributed by atoms with Crippen LogP contribution in [0, 0.1) is 6.92 Å². The van der Waals surface area contributed by atoms with Crippen LogP contribution >= 0.6 is 11.3 Å². The van der Waals surface area contributed by atoms with Crippen LogP contribution in [0.3, 0.4) is 0 Å². The highest BCUT2D eigenvalue weighted by atomic mass is 32.1. The minimum absolute atomic E-state index is 0.0282. The van der Waals surface area contributed by atoms with Gasteiger partial charge >= 0.3 is 5.97 Å². The number of nitrogens with zero attached hydrogens (tertiary/aromatic N) is 1. The zero-order valence-electron chi connectivity index (χ0n) is 13.9. The Morgan fingerprint density at radius 2 is 2.08 bits per heavy atom. The van der Waals surface area contributed by atoms with E-state index >= 15 is 0 Å². The SMILES string of the molecule is COc1ccc(-c2nc(C(=O)O)cs2)c(OCc2cccc(C)c2)c1. The van der Waals surface area contributed by atoms with Crippen molar-refractivity contribution in [1.82, 2.24) is 4.98 Å². The minimum Gasteiger partial charge on any atom is -0.497 e. The molecule has 0 amide bonds. The molecule has 0 unspecified atom stereocenters. The van der Waals surface area contributed by atoms with Crippen molar-refractivity contribution in [2.45, 2.75) is 13.5 Å². The van der Waals surface area contributed by atoms with Gasteiger partial charge in [-0.05, 0) is 24.6 Å². The number of rotatable bonds is 6. The highest BCUT2D eigenvalue weighted by Gasteiger charge is 2.15. The molecular weight excluding hydrogens is 338 g/mol. The van der Waals surface area contributed by atoms with Crippen molar-refractivity contribution < 1.29 is 19.4 Å². The molecule has 5 nitrogen and oxygen atoms in total. The van der Waals surface area contributed by atoms with E-state index in [2.05, 4.69) is 11.1 Å². The molecule has 0 aliphatic rings. The molecule has 3 aromatic rings. The molecule has 0 aliphatic heterocycles. The van der Waals surface area contributed by atoms with E-state index in [4.69, 9.17) is 14.6 Å². The fourth-order valence-corrected chi connectivity index (χ4v) is 3.21. The number of aryl methyl sites for hydroxylation is 1. The quantitative estimate of drug-likeness (QED) is 0.709. The Morgan fingerprint density at radius 1 is 1.24 bits per heavy atom. The van der Waals surface area contributed by atoms with E-state index in [-0.39, 0.29) is 5.69 Å². The molecule has 6 heteroatoms. The zero-order chi connectivity index (χ0) is 17.8. The number of hydrogen-bond donors (Lipinski definition) is 1. The third-order valence-corrected chi connectivity index (χ3v) is 4.49. The number of carboxylic acids is 1. The normalized spacial score (nSPS) is 10.5. The number of carbonyl (C=O) groups is 1. The van der Waals surface area contributed by atoms with Gasteiger partial charge in [0.05, 0.1) is 12.7 Å². The van der Waals surface area contributed by atoms with Crippen LogP contribution in [0.25, 0.3) is 10.6 Å². The molecular formula is C19H17NO4S. The Morgan fingerprint density at radius 3 is 2.76 bits per heavy atom. The van der Waals surface area contributed by atoms with Gasteiger partial charge in [-0.25, -0.2) is 9.78 Å². The Hall–Kier alpha value is -2.86. The van der Waals surface area contributed by atoms with Gasteiger partial charge in [-0.15, -0.1) is 11.3 Å². The molecule has 0 bridgehead atoms. The monoisotopic (exact) mass is 355 g/mol. The van der Waals surface area contributed by atoms with E-state index in [0.717, 1.165) is 16.7 Å². The average Bonchev–Trinajstić information content (AvgIpc) is 3.10. The summed E-state index contributed by atoms with van der Waals surface area (Å²) in [5.74, 6) is 0.225. The Bertz CT molecular complexity index is 904. The van der Waals surface area contributed by atoms with Gasteiger partial charge in [0.2, 0.25) is 0 Å². The third-order valence-electron chi connectivity index (χ3n) is 3.62. The van der Waals surface area contributed by atoms with Crippen molar-refractivity contribution in [2.24, 2.45) is 0 Å². The standard InChI is InChI=1S/C19H17NO4S/c1-12-4-3-5-13(8-12)10-24-17-9-14(23-2)6-7-15(17)18-20-16(11-25-18)19(21)22/h3-9,11H,10H2,1-2H3,(H,21,22). The fourth-order valence-electron chi connectivity index (χ4n) is 2.38. The second-order valence-electron chi connectivity index (χ2n) is 5.48. The molecule has 3 rings (SSSR count). The predicted molar refractivity (Wildman–Crippen MR) is 96.6 cm³/mol. The van der Waals surface area contributed by atoms with E-state index in [9.17, 15) is 4.79 Å².